The van der Waals surface area contributed by atoms with Crippen LogP contribution in [0.3, 0.4) is 0 Å². The molecule has 42 heavy (non-hydrogen) atoms. The number of likely N-dealkylation sites (tertiary alicyclic amines) is 1. The Labute approximate surface area is 248 Å². The molecule has 1 aromatic carbocycles. The third-order valence-electron chi connectivity index (χ3n) is 9.38. The summed E-state index contributed by atoms with van der Waals surface area (Å²) in [7, 11) is 0. The zero-order chi connectivity index (χ0) is 29.7. The van der Waals surface area contributed by atoms with Crippen molar-refractivity contribution in [3.63, 3.8) is 0 Å². The second-order valence-corrected chi connectivity index (χ2v) is 12.1. The summed E-state index contributed by atoms with van der Waals surface area (Å²) in [6.07, 6.45) is 4.27. The molecule has 3 amide bonds. The van der Waals surface area contributed by atoms with Gasteiger partial charge in [0.05, 0.1) is 37.3 Å². The molecule has 1 aromatic rings. The normalized spacial score (nSPS) is 30.4. The Kier molecular flexibility index (Phi) is 9.71. The van der Waals surface area contributed by atoms with Crippen molar-refractivity contribution < 1.29 is 33.7 Å². The van der Waals surface area contributed by atoms with E-state index in [1.807, 2.05) is 13.8 Å². The van der Waals surface area contributed by atoms with Crippen LogP contribution in [0, 0.1) is 11.8 Å². The van der Waals surface area contributed by atoms with Gasteiger partial charge in [0, 0.05) is 45.0 Å². The fourth-order valence-electron chi connectivity index (χ4n) is 7.40. The number of aliphatic hydroxyl groups excluding tert-OH is 1. The number of nitrogens with one attached hydrogen (secondary N) is 2. The molecule has 4 saturated heterocycles. The van der Waals surface area contributed by atoms with Gasteiger partial charge >= 0.3 is 0 Å². The third kappa shape index (κ3) is 6.02. The number of hydrogen-bond donors (Lipinski definition) is 3. The van der Waals surface area contributed by atoms with Gasteiger partial charge in [-0.25, -0.2) is 0 Å². The number of nitrogens with zero attached hydrogens (tertiary/aromatic N) is 2. The average molecular weight is 587 g/mol. The fraction of sp³-hybridized carbons (Fsp3) is 0.710. The molecule has 4 fully saturated rings. The van der Waals surface area contributed by atoms with Crippen molar-refractivity contribution in [1.29, 1.82) is 0 Å². The molecule has 0 aliphatic carbocycles. The summed E-state index contributed by atoms with van der Waals surface area (Å²) in [6.45, 7) is 9.13. The first-order chi connectivity index (χ1) is 20.3. The number of ether oxygens (including phenoxy) is 3. The van der Waals surface area contributed by atoms with Crippen molar-refractivity contribution in [1.82, 2.24) is 15.1 Å². The smallest absolute Gasteiger partial charge is 0.245 e. The number of aliphatic hydroxyl groups is 1. The number of anilines is 1. The van der Waals surface area contributed by atoms with Crippen LogP contribution in [0.2, 0.25) is 0 Å². The largest absolute Gasteiger partial charge is 0.494 e. The van der Waals surface area contributed by atoms with Gasteiger partial charge in [-0.1, -0.05) is 12.8 Å². The van der Waals surface area contributed by atoms with E-state index in [9.17, 15) is 14.4 Å². The monoisotopic (exact) mass is 586 g/mol. The van der Waals surface area contributed by atoms with E-state index in [4.69, 9.17) is 19.3 Å². The highest BCUT2D eigenvalue weighted by Crippen LogP contribution is 2.63. The van der Waals surface area contributed by atoms with E-state index < -0.39 is 29.1 Å². The predicted molar refractivity (Wildman–Crippen MR) is 156 cm³/mol. The summed E-state index contributed by atoms with van der Waals surface area (Å²) < 4.78 is 17.6. The number of hydrogen-bond acceptors (Lipinski definition) is 8. The van der Waals surface area contributed by atoms with Crippen LogP contribution in [0.15, 0.2) is 24.3 Å². The summed E-state index contributed by atoms with van der Waals surface area (Å²) in [5, 5.41) is 15.2. The molecule has 3 N–H and O–H groups in total. The molecular weight excluding hydrogens is 540 g/mol. The summed E-state index contributed by atoms with van der Waals surface area (Å²) >= 11 is 0. The van der Waals surface area contributed by atoms with Crippen LogP contribution in [0.1, 0.15) is 52.4 Å². The van der Waals surface area contributed by atoms with Crippen molar-refractivity contribution in [2.24, 2.45) is 11.8 Å². The molecule has 5 atom stereocenters. The molecule has 2 bridgehead atoms. The number of carbonyl (C=O) groups excluding carboxylic acids is 3. The van der Waals surface area contributed by atoms with E-state index in [0.29, 0.717) is 76.6 Å². The van der Waals surface area contributed by atoms with E-state index >= 15 is 0 Å². The van der Waals surface area contributed by atoms with Gasteiger partial charge in [-0.3, -0.25) is 19.3 Å². The van der Waals surface area contributed by atoms with Crippen LogP contribution in [-0.4, -0.2) is 109 Å². The topological polar surface area (TPSA) is 130 Å². The van der Waals surface area contributed by atoms with Crippen LogP contribution in [0.5, 0.6) is 5.75 Å². The molecule has 11 nitrogen and oxygen atoms in total. The Morgan fingerprint density at radius 2 is 1.79 bits per heavy atom. The van der Waals surface area contributed by atoms with Gasteiger partial charge in [-0.05, 0) is 63.8 Å². The lowest BCUT2D eigenvalue weighted by Crippen LogP contribution is -2.56. The molecule has 4 aliphatic rings. The minimum Gasteiger partial charge on any atom is -0.494 e. The van der Waals surface area contributed by atoms with Crippen molar-refractivity contribution in [2.75, 3.05) is 64.5 Å². The first-order valence-electron chi connectivity index (χ1n) is 15.6. The van der Waals surface area contributed by atoms with Gasteiger partial charge in [-0.15, -0.1) is 0 Å². The number of fused-ring (bicyclic) bond motifs is 1. The number of carbonyl (C=O) groups is 3. The summed E-state index contributed by atoms with van der Waals surface area (Å²) in [4.78, 5) is 45.8. The van der Waals surface area contributed by atoms with Crippen molar-refractivity contribution in [2.45, 2.75) is 69.6 Å². The minimum absolute atomic E-state index is 0.138. The van der Waals surface area contributed by atoms with Crippen LogP contribution in [0.25, 0.3) is 0 Å². The van der Waals surface area contributed by atoms with Crippen LogP contribution >= 0.6 is 0 Å². The van der Waals surface area contributed by atoms with Crippen LogP contribution in [-0.2, 0) is 23.9 Å². The second-order valence-electron chi connectivity index (χ2n) is 12.1. The van der Waals surface area contributed by atoms with E-state index in [1.54, 1.807) is 29.2 Å². The molecule has 1 spiro atoms. The van der Waals surface area contributed by atoms with Gasteiger partial charge in [0.1, 0.15) is 17.4 Å². The molecule has 0 saturated carbocycles. The van der Waals surface area contributed by atoms with Crippen molar-refractivity contribution in [3.05, 3.63) is 24.3 Å². The number of rotatable bonds is 14. The molecule has 11 heteroatoms. The van der Waals surface area contributed by atoms with Crippen LogP contribution in [0.4, 0.5) is 5.69 Å². The summed E-state index contributed by atoms with van der Waals surface area (Å²) in [6, 6.07) is 6.39. The highest BCUT2D eigenvalue weighted by atomic mass is 16.5. The quantitative estimate of drug-likeness (QED) is 0.282. The predicted octanol–water partition coefficient (Wildman–Crippen LogP) is 1.79. The Morgan fingerprint density at radius 1 is 1.05 bits per heavy atom. The maximum atomic E-state index is 14.2. The third-order valence-corrected chi connectivity index (χ3v) is 9.38. The molecule has 4 heterocycles. The Balaban J connectivity index is 1.34. The van der Waals surface area contributed by atoms with Gasteiger partial charge < -0.3 is 34.9 Å². The van der Waals surface area contributed by atoms with Crippen molar-refractivity contribution in [3.8, 4) is 5.75 Å². The van der Waals surface area contributed by atoms with Gasteiger partial charge in [-0.2, -0.15) is 0 Å². The first kappa shape index (κ1) is 30.7. The molecule has 2 unspecified atom stereocenters. The molecular formula is C31H46N4O7. The Morgan fingerprint density at radius 3 is 2.50 bits per heavy atom. The van der Waals surface area contributed by atoms with E-state index in [2.05, 4.69) is 15.5 Å². The lowest BCUT2D eigenvalue weighted by atomic mass is 9.66. The van der Waals surface area contributed by atoms with E-state index in [-0.39, 0.29) is 24.3 Å². The van der Waals surface area contributed by atoms with E-state index in [1.165, 1.54) is 0 Å². The molecule has 0 radical (unpaired) electrons. The fourth-order valence-corrected chi connectivity index (χ4v) is 7.40. The Hall–Kier alpha value is -2.73. The van der Waals surface area contributed by atoms with Gasteiger partial charge in [0.25, 0.3) is 0 Å². The SMILES string of the molecule is CCOc1ccc(NC(=O)[C@@H]2[C@H]3C(=O)N(CCCCCCO)C(C(=O)NCCN4CCOCC4)C34CC[C@@]2(C)O4)cc1. The molecule has 5 rings (SSSR count). The lowest BCUT2D eigenvalue weighted by Gasteiger charge is -2.34. The first-order valence-corrected chi connectivity index (χ1v) is 15.6. The number of amides is 3. The zero-order valence-electron chi connectivity index (χ0n) is 24.9. The summed E-state index contributed by atoms with van der Waals surface area (Å²) in [5.41, 5.74) is -1.26. The Bertz CT molecular complexity index is 1110. The molecule has 0 aromatic heterocycles. The van der Waals surface area contributed by atoms with E-state index in [0.717, 1.165) is 25.9 Å². The highest BCUT2D eigenvalue weighted by Gasteiger charge is 2.77. The number of benzene rings is 1. The lowest BCUT2D eigenvalue weighted by molar-refractivity contribution is -0.145. The second kappa shape index (κ2) is 13.3. The number of unbranched alkanes of at least 4 members (excludes halogenated alkanes) is 3. The minimum atomic E-state index is -1.04. The summed E-state index contributed by atoms with van der Waals surface area (Å²) in [5.74, 6) is -1.39. The standard InChI is InChI=1S/C31H46N4O7/c1-3-41-23-10-8-22(9-11-23)33-27(37)24-25-29(39)35(15-6-4-5-7-19-36)26(31(25)13-12-30(24,2)42-31)28(38)32-14-16-34-17-20-40-21-18-34/h8-11,24-26,36H,3-7,12-21H2,1-2H3,(H,32,38)(H,33,37)/t24-,25-,26?,30+,31?/m0/s1. The molecule has 4 aliphatic heterocycles. The maximum absolute atomic E-state index is 14.2. The van der Waals surface area contributed by atoms with Crippen molar-refractivity contribution >= 4 is 23.4 Å². The highest BCUT2D eigenvalue weighted by molar-refractivity contribution is 6.02. The van der Waals surface area contributed by atoms with Gasteiger partial charge in [0.15, 0.2) is 0 Å². The maximum Gasteiger partial charge on any atom is 0.245 e. The molecule has 232 valence electrons. The van der Waals surface area contributed by atoms with Gasteiger partial charge in [0.2, 0.25) is 17.7 Å². The van der Waals surface area contributed by atoms with Crippen LogP contribution < -0.4 is 15.4 Å². The zero-order valence-corrected chi connectivity index (χ0v) is 24.9. The number of morpholine rings is 1. The average Bonchev–Trinajstić information content (AvgIpc) is 3.55.